The zero-order chi connectivity index (χ0) is 7.82. The number of rotatable bonds is 6. The minimum absolute atomic E-state index is 0.612. The van der Waals surface area contributed by atoms with Crippen molar-refractivity contribution in [1.82, 2.24) is 5.09 Å². The van der Waals surface area contributed by atoms with Crippen LogP contribution in [-0.2, 0) is 9.09 Å². The molecule has 0 saturated heterocycles. The summed E-state index contributed by atoms with van der Waals surface area (Å²) in [5, 5.41) is 2.73. The van der Waals surface area contributed by atoms with Crippen LogP contribution in [0.4, 0.5) is 0 Å². The molecule has 0 spiro atoms. The van der Waals surface area contributed by atoms with Crippen molar-refractivity contribution in [2.45, 2.75) is 26.7 Å². The van der Waals surface area contributed by atoms with Gasteiger partial charge in [-0.1, -0.05) is 20.3 Å². The molecular weight excluding hydrogens is 149 g/mol. The second-order valence-corrected chi connectivity index (χ2v) is 3.24. The highest BCUT2D eigenvalue weighted by atomic mass is 31.1. The Morgan fingerprint density at radius 1 is 1.50 bits per heavy atom. The first-order chi connectivity index (χ1) is 4.81. The maximum Gasteiger partial charge on any atom is 0.258 e. The second kappa shape index (κ2) is 7.26. The van der Waals surface area contributed by atoms with Crippen molar-refractivity contribution in [2.24, 2.45) is 0 Å². The van der Waals surface area contributed by atoms with Crippen molar-refractivity contribution in [3.05, 3.63) is 0 Å². The summed E-state index contributed by atoms with van der Waals surface area (Å²) in [6.45, 7) is 5.31. The lowest BCUT2D eigenvalue weighted by atomic mass is 10.4. The van der Waals surface area contributed by atoms with Gasteiger partial charge in [-0.2, -0.15) is 0 Å². The van der Waals surface area contributed by atoms with Gasteiger partial charge in [0.2, 0.25) is 0 Å². The molecule has 0 aliphatic carbocycles. The van der Waals surface area contributed by atoms with E-state index in [9.17, 15) is 4.57 Å². The van der Waals surface area contributed by atoms with Gasteiger partial charge >= 0.3 is 0 Å². The van der Waals surface area contributed by atoms with Gasteiger partial charge in [-0.15, -0.1) is 0 Å². The van der Waals surface area contributed by atoms with Crippen LogP contribution in [0.3, 0.4) is 0 Å². The van der Waals surface area contributed by atoms with Crippen LogP contribution in [0.25, 0.3) is 0 Å². The highest BCUT2D eigenvalue weighted by Crippen LogP contribution is 2.15. The summed E-state index contributed by atoms with van der Waals surface area (Å²) in [7, 11) is -1.91. The van der Waals surface area contributed by atoms with Gasteiger partial charge in [-0.25, -0.2) is 5.09 Å². The first kappa shape index (κ1) is 10.2. The number of nitrogens with one attached hydrogen (secondary N) is 1. The van der Waals surface area contributed by atoms with E-state index in [0.717, 1.165) is 12.8 Å². The van der Waals surface area contributed by atoms with Gasteiger partial charge in [-0.05, 0) is 6.42 Å². The lowest BCUT2D eigenvalue weighted by molar-refractivity contribution is 0.315. The highest BCUT2D eigenvalue weighted by molar-refractivity contribution is 7.36. The summed E-state index contributed by atoms with van der Waals surface area (Å²) >= 11 is 0. The minimum Gasteiger partial charge on any atom is -0.320 e. The fraction of sp³-hybridized carbons (Fsp3) is 1.00. The van der Waals surface area contributed by atoms with Crippen molar-refractivity contribution in [3.8, 4) is 0 Å². The molecule has 0 aromatic carbocycles. The van der Waals surface area contributed by atoms with Crippen LogP contribution in [0, 0.1) is 0 Å². The molecule has 3 nitrogen and oxygen atoms in total. The van der Waals surface area contributed by atoms with E-state index in [-0.39, 0.29) is 0 Å². The van der Waals surface area contributed by atoms with E-state index in [1.165, 1.54) is 0 Å². The summed E-state index contributed by atoms with van der Waals surface area (Å²) in [6, 6.07) is 0. The van der Waals surface area contributed by atoms with Crippen molar-refractivity contribution >= 4 is 8.18 Å². The zero-order valence-electron chi connectivity index (χ0n) is 6.64. The van der Waals surface area contributed by atoms with E-state index in [4.69, 9.17) is 4.52 Å². The van der Waals surface area contributed by atoms with Gasteiger partial charge in [0, 0.05) is 6.54 Å². The molecule has 4 heteroatoms. The van der Waals surface area contributed by atoms with Crippen molar-refractivity contribution in [2.75, 3.05) is 13.2 Å². The van der Waals surface area contributed by atoms with Crippen molar-refractivity contribution < 1.29 is 9.09 Å². The predicted octanol–water partition coefficient (Wildman–Crippen LogP) is 1.80. The first-order valence-corrected chi connectivity index (χ1v) is 5.03. The Bertz CT molecular complexity index is 97.7. The average Bonchev–Trinajstić information content (AvgIpc) is 1.89. The molecule has 10 heavy (non-hydrogen) atoms. The molecule has 0 heterocycles. The first-order valence-electron chi connectivity index (χ1n) is 3.71. The third-order valence-corrected chi connectivity index (χ3v) is 2.16. The molecule has 1 atom stereocenters. The quantitative estimate of drug-likeness (QED) is 0.481. The fourth-order valence-electron chi connectivity index (χ4n) is 0.505. The van der Waals surface area contributed by atoms with Gasteiger partial charge in [0.05, 0.1) is 6.61 Å². The highest BCUT2D eigenvalue weighted by Gasteiger charge is 1.93. The molecule has 1 N–H and O–H groups in total. The SMILES string of the molecule is CCCCO[PH](=O)NCC. The topological polar surface area (TPSA) is 38.3 Å². The van der Waals surface area contributed by atoms with E-state index >= 15 is 0 Å². The summed E-state index contributed by atoms with van der Waals surface area (Å²) in [5.74, 6) is 0. The standard InChI is InChI=1S/C6H16NO2P/c1-3-5-6-9-10(8)7-4-2/h10H,3-6H2,1-2H3,(H,7,8). The third kappa shape index (κ3) is 6.27. The summed E-state index contributed by atoms with van der Waals surface area (Å²) in [5.41, 5.74) is 0. The van der Waals surface area contributed by atoms with E-state index in [1.807, 2.05) is 6.92 Å². The van der Waals surface area contributed by atoms with Crippen LogP contribution in [0.15, 0.2) is 0 Å². The molecule has 0 aromatic heterocycles. The largest absolute Gasteiger partial charge is 0.320 e. The van der Waals surface area contributed by atoms with E-state index < -0.39 is 8.18 Å². The van der Waals surface area contributed by atoms with Crippen LogP contribution in [0.5, 0.6) is 0 Å². The van der Waals surface area contributed by atoms with Gasteiger partial charge < -0.3 is 4.52 Å². The number of unbranched alkanes of at least 4 members (excludes halogenated alkanes) is 1. The molecule has 0 aliphatic rings. The van der Waals surface area contributed by atoms with Crippen LogP contribution in [0.1, 0.15) is 26.7 Å². The minimum atomic E-state index is -1.91. The molecule has 0 saturated carbocycles. The molecule has 0 radical (unpaired) electrons. The normalized spacial score (nSPS) is 13.4. The van der Waals surface area contributed by atoms with Gasteiger partial charge in [0.15, 0.2) is 0 Å². The molecule has 1 unspecified atom stereocenters. The second-order valence-electron chi connectivity index (χ2n) is 2.02. The lowest BCUT2D eigenvalue weighted by Gasteiger charge is -2.01. The predicted molar refractivity (Wildman–Crippen MR) is 43.5 cm³/mol. The van der Waals surface area contributed by atoms with Gasteiger partial charge in [0.25, 0.3) is 8.18 Å². The number of hydrogen-bond donors (Lipinski definition) is 1. The summed E-state index contributed by atoms with van der Waals surface area (Å²) in [4.78, 5) is 0. The van der Waals surface area contributed by atoms with Crippen LogP contribution < -0.4 is 5.09 Å². The Morgan fingerprint density at radius 3 is 2.70 bits per heavy atom. The van der Waals surface area contributed by atoms with Gasteiger partial charge in [-0.3, -0.25) is 4.57 Å². The Labute approximate surface area is 63.1 Å². The summed E-state index contributed by atoms with van der Waals surface area (Å²) < 4.78 is 15.7. The molecule has 0 fully saturated rings. The fourth-order valence-corrected chi connectivity index (χ4v) is 1.23. The molecule has 0 amide bonds. The Hall–Kier alpha value is 0.150. The van der Waals surface area contributed by atoms with E-state index in [0.29, 0.717) is 13.2 Å². The van der Waals surface area contributed by atoms with Crippen LogP contribution >= 0.6 is 8.18 Å². The monoisotopic (exact) mass is 165 g/mol. The number of hydrogen-bond acceptors (Lipinski definition) is 2. The zero-order valence-corrected chi connectivity index (χ0v) is 7.64. The van der Waals surface area contributed by atoms with Crippen molar-refractivity contribution in [1.29, 1.82) is 0 Å². The van der Waals surface area contributed by atoms with Gasteiger partial charge in [0.1, 0.15) is 0 Å². The Balaban J connectivity index is 3.05. The molecule has 62 valence electrons. The molecular formula is C6H16NO2P. The smallest absolute Gasteiger partial charge is 0.258 e. The van der Waals surface area contributed by atoms with Crippen LogP contribution in [-0.4, -0.2) is 13.2 Å². The third-order valence-electron chi connectivity index (χ3n) is 1.05. The maximum absolute atomic E-state index is 10.8. The Morgan fingerprint density at radius 2 is 2.20 bits per heavy atom. The molecule has 0 bridgehead atoms. The van der Waals surface area contributed by atoms with Crippen LogP contribution in [0.2, 0.25) is 0 Å². The summed E-state index contributed by atoms with van der Waals surface area (Å²) in [6.07, 6.45) is 2.07. The molecule has 0 aromatic rings. The van der Waals surface area contributed by atoms with Crippen molar-refractivity contribution in [3.63, 3.8) is 0 Å². The Kier molecular flexibility index (Phi) is 7.37. The lowest BCUT2D eigenvalue weighted by Crippen LogP contribution is -2.02. The average molecular weight is 165 g/mol. The van der Waals surface area contributed by atoms with E-state index in [2.05, 4.69) is 12.0 Å². The molecule has 0 aliphatic heterocycles. The maximum atomic E-state index is 10.8. The van der Waals surface area contributed by atoms with E-state index in [1.54, 1.807) is 0 Å². The molecule has 0 rings (SSSR count).